The summed E-state index contributed by atoms with van der Waals surface area (Å²) in [6.45, 7) is 0. The molecule has 234 valence electrons. The highest BCUT2D eigenvalue weighted by Gasteiger charge is 2.32. The Morgan fingerprint density at radius 2 is 0.875 bits per heavy atom. The van der Waals surface area contributed by atoms with Crippen LogP contribution >= 0.6 is 0 Å². The number of nitriles is 2. The van der Waals surface area contributed by atoms with Crippen molar-refractivity contribution in [2.45, 2.75) is 12.4 Å². The van der Waals surface area contributed by atoms with Crippen LogP contribution in [0.2, 0.25) is 0 Å². The molecule has 0 atom stereocenters. The molecule has 0 aliphatic heterocycles. The third-order valence-electron chi connectivity index (χ3n) is 7.84. The normalized spacial score (nSPS) is 13.2. The molecule has 7 aromatic rings. The summed E-state index contributed by atoms with van der Waals surface area (Å²) in [5.74, 6) is -2.20. The number of fused-ring (bicyclic) bond motifs is 6. The van der Waals surface area contributed by atoms with Gasteiger partial charge in [-0.1, -0.05) is 24.3 Å². The number of rotatable bonds is 2. The Morgan fingerprint density at radius 1 is 0.479 bits per heavy atom. The summed E-state index contributed by atoms with van der Waals surface area (Å²) in [4.78, 5) is 17.2. The van der Waals surface area contributed by atoms with Gasteiger partial charge in [0.2, 0.25) is 12.4 Å². The van der Waals surface area contributed by atoms with E-state index in [2.05, 4.69) is 9.98 Å². The molecule has 0 aliphatic rings. The van der Waals surface area contributed by atoms with Crippen molar-refractivity contribution < 1.29 is 35.1 Å². The number of alkyl halides is 6. The van der Waals surface area contributed by atoms with Crippen LogP contribution in [0.3, 0.4) is 0 Å². The van der Waals surface area contributed by atoms with Gasteiger partial charge in [-0.05, 0) is 70.8 Å². The van der Waals surface area contributed by atoms with E-state index in [1.54, 1.807) is 12.4 Å². The van der Waals surface area contributed by atoms with Crippen molar-refractivity contribution >= 4 is 43.6 Å². The summed E-state index contributed by atoms with van der Waals surface area (Å²) in [5, 5.41) is 20.4. The smallest absolute Gasteiger partial charge is 0.241 e. The van der Waals surface area contributed by atoms with E-state index in [1.165, 1.54) is 36.4 Å². The van der Waals surface area contributed by atoms with Crippen LogP contribution in [0.25, 0.3) is 65.9 Å². The summed E-state index contributed by atoms with van der Waals surface area (Å²) >= 11 is 0. The Labute approximate surface area is 262 Å². The molecule has 0 amide bonds. The average molecular weight is 656 g/mol. The van der Waals surface area contributed by atoms with Crippen LogP contribution in [-0.2, 0) is 12.4 Å². The molecule has 0 saturated carbocycles. The Bertz CT molecular complexity index is 2520. The summed E-state index contributed by atoms with van der Waals surface area (Å²) < 4.78 is 109. The number of hydrogen-bond acceptors (Lipinski definition) is 6. The van der Waals surface area contributed by atoms with Crippen molar-refractivity contribution in [2.75, 3.05) is 0 Å². The lowest BCUT2D eigenvalue weighted by Crippen LogP contribution is -2.05. The van der Waals surface area contributed by atoms with E-state index in [-0.39, 0.29) is 65.8 Å². The summed E-state index contributed by atoms with van der Waals surface area (Å²) in [5.41, 5.74) is -1.45. The van der Waals surface area contributed by atoms with Crippen LogP contribution in [-0.4, -0.2) is 9.97 Å². The Balaban J connectivity index is 1.49. The highest BCUT2D eigenvalue weighted by atomic mass is 19.4. The van der Waals surface area contributed by atoms with Gasteiger partial charge in [0.05, 0.1) is 22.2 Å². The average Bonchev–Trinajstić information content (AvgIpc) is 3.49. The van der Waals surface area contributed by atoms with Gasteiger partial charge in [-0.25, -0.2) is 18.7 Å². The first kappa shape index (κ1) is 30.4. The first-order valence-corrected chi connectivity index (χ1v) is 13.7. The molecule has 0 unspecified atom stereocenters. The predicted molar refractivity (Wildman–Crippen MR) is 158 cm³/mol. The number of hydrogen-bond donors (Lipinski definition) is 0. The van der Waals surface area contributed by atoms with Crippen molar-refractivity contribution in [3.05, 3.63) is 106 Å². The Hall–Kier alpha value is -6.28. The molecule has 6 nitrogen and oxygen atoms in total. The molecule has 0 N–H and O–H groups in total. The van der Waals surface area contributed by atoms with Gasteiger partial charge in [-0.2, -0.15) is 46.9 Å². The topological polar surface area (TPSA) is 98.1 Å². The van der Waals surface area contributed by atoms with Crippen molar-refractivity contribution in [2.24, 2.45) is 9.98 Å². The zero-order chi connectivity index (χ0) is 34.1. The van der Waals surface area contributed by atoms with Crippen molar-refractivity contribution in [1.29, 1.82) is 10.5 Å². The van der Waals surface area contributed by atoms with Gasteiger partial charge in [-0.15, -0.1) is 0 Å². The van der Waals surface area contributed by atoms with Crippen molar-refractivity contribution in [3.8, 4) is 34.6 Å². The predicted octanol–water partition coefficient (Wildman–Crippen LogP) is 8.38. The first-order chi connectivity index (χ1) is 22.8. The second-order valence-electron chi connectivity index (χ2n) is 10.7. The lowest BCUT2D eigenvalue weighted by molar-refractivity contribution is -0.138. The maximum absolute atomic E-state index is 14.2. The van der Waals surface area contributed by atoms with E-state index in [0.29, 0.717) is 22.9 Å². The highest BCUT2D eigenvalue weighted by Crippen LogP contribution is 2.37. The lowest BCUT2D eigenvalue weighted by atomic mass is 10.0. The zero-order valence-electron chi connectivity index (χ0n) is 23.6. The number of benzene rings is 4. The van der Waals surface area contributed by atoms with Gasteiger partial charge >= 0.3 is 12.4 Å². The van der Waals surface area contributed by atoms with Crippen LogP contribution < -0.4 is 10.7 Å². The second-order valence-corrected chi connectivity index (χ2v) is 10.7. The van der Waals surface area contributed by atoms with Crippen molar-refractivity contribution in [1.82, 2.24) is 9.97 Å². The van der Waals surface area contributed by atoms with E-state index in [0.717, 1.165) is 24.3 Å². The van der Waals surface area contributed by atoms with Crippen LogP contribution in [0, 0.1) is 34.5 Å². The lowest BCUT2D eigenvalue weighted by Gasteiger charge is -2.10. The largest absolute Gasteiger partial charge is 0.416 e. The fourth-order valence-electron chi connectivity index (χ4n) is 5.82. The number of aromatic nitrogens is 2. The van der Waals surface area contributed by atoms with E-state index < -0.39 is 35.1 Å². The summed E-state index contributed by atoms with van der Waals surface area (Å²) in [6, 6.07) is 13.0. The molecule has 0 saturated heterocycles. The molecule has 0 aliphatic carbocycles. The SMILES string of the molecule is N#CN=c1c2cc(-c3cc(F)cc(C(F)(F)F)c3)ccc2c2nc3c(=NC#N)c4cc(-c5cc(F)cc(C(F)(F)F)c5)ccc4c3nc12. The number of halogens is 8. The summed E-state index contributed by atoms with van der Waals surface area (Å²) in [6.07, 6.45) is -6.23. The van der Waals surface area contributed by atoms with E-state index >= 15 is 0 Å². The molecule has 1 aromatic heterocycles. The molecule has 48 heavy (non-hydrogen) atoms. The minimum Gasteiger partial charge on any atom is -0.241 e. The van der Waals surface area contributed by atoms with Crippen LogP contribution in [0.4, 0.5) is 35.1 Å². The van der Waals surface area contributed by atoms with Crippen LogP contribution in [0.1, 0.15) is 11.1 Å². The minimum absolute atomic E-state index is 0.0374. The molecular weight excluding hydrogens is 644 g/mol. The fourth-order valence-corrected chi connectivity index (χ4v) is 5.82. The van der Waals surface area contributed by atoms with Crippen molar-refractivity contribution in [3.63, 3.8) is 0 Å². The zero-order valence-corrected chi connectivity index (χ0v) is 23.6. The maximum Gasteiger partial charge on any atom is 0.416 e. The maximum atomic E-state index is 14.2. The van der Waals surface area contributed by atoms with Gasteiger partial charge < -0.3 is 0 Å². The highest BCUT2D eigenvalue weighted by molar-refractivity contribution is 6.15. The quantitative estimate of drug-likeness (QED) is 0.138. The van der Waals surface area contributed by atoms with Gasteiger partial charge in [0.1, 0.15) is 33.4 Å². The van der Waals surface area contributed by atoms with E-state index in [4.69, 9.17) is 9.97 Å². The van der Waals surface area contributed by atoms with E-state index in [1.807, 2.05) is 0 Å². The van der Waals surface area contributed by atoms with Crippen LogP contribution in [0.15, 0.2) is 82.8 Å². The molecule has 14 heteroatoms. The third-order valence-corrected chi connectivity index (χ3v) is 7.84. The van der Waals surface area contributed by atoms with Gasteiger partial charge in [-0.3, -0.25) is 0 Å². The molecule has 6 aromatic carbocycles. The molecular formula is C34H12F8N6. The standard InChI is InChI=1S/C34H12F8N6/c35-21-7-17(5-19(11-21)33(37,38)39)15-1-3-23-25(9-15)27(45-13-43)31-29(23)47-32-28(46-14-44)26-10-16(2-4-24(26)30(32)48-31)18-6-20(34(40,41)42)12-22(36)8-18/h1-12H. The first-order valence-electron chi connectivity index (χ1n) is 13.7. The molecule has 7 rings (SSSR count). The Morgan fingerprint density at radius 3 is 1.23 bits per heavy atom. The number of nitrogens with zero attached hydrogens (tertiary/aromatic N) is 6. The molecule has 1 heterocycles. The van der Waals surface area contributed by atoms with Gasteiger partial charge in [0, 0.05) is 21.5 Å². The molecule has 0 fully saturated rings. The minimum atomic E-state index is -4.80. The second kappa shape index (κ2) is 10.6. The molecule has 0 spiro atoms. The van der Waals surface area contributed by atoms with Gasteiger partial charge in [0.15, 0.2) is 0 Å². The van der Waals surface area contributed by atoms with Gasteiger partial charge in [0.25, 0.3) is 0 Å². The van der Waals surface area contributed by atoms with Crippen LogP contribution in [0.5, 0.6) is 0 Å². The van der Waals surface area contributed by atoms with E-state index in [9.17, 15) is 45.6 Å². The molecule has 0 radical (unpaired) electrons. The monoisotopic (exact) mass is 656 g/mol. The third kappa shape index (κ3) is 4.95. The fraction of sp³-hybridized carbons (Fsp3) is 0.0588. The summed E-state index contributed by atoms with van der Waals surface area (Å²) in [7, 11) is 0. The Kier molecular flexibility index (Phi) is 6.73. The molecule has 0 bridgehead atoms.